The van der Waals surface area contributed by atoms with Gasteiger partial charge in [0.15, 0.2) is 5.69 Å². The third-order valence-electron chi connectivity index (χ3n) is 4.21. The molecule has 0 aromatic carbocycles. The van der Waals surface area contributed by atoms with Gasteiger partial charge < -0.3 is 5.32 Å². The molecule has 0 bridgehead atoms. The number of hydrogen-bond donors (Lipinski definition) is 1. The first-order valence-electron chi connectivity index (χ1n) is 8.15. The molecule has 0 aliphatic heterocycles. The van der Waals surface area contributed by atoms with Crippen LogP contribution in [0.3, 0.4) is 0 Å². The number of aryl methyl sites for hydroxylation is 3. The Morgan fingerprint density at radius 3 is 2.60 bits per heavy atom. The molecule has 136 valence electrons. The molecular formula is C16H20F3N5O. The first-order chi connectivity index (χ1) is 11.7. The fourth-order valence-electron chi connectivity index (χ4n) is 2.77. The minimum Gasteiger partial charge on any atom is -0.350 e. The van der Waals surface area contributed by atoms with Crippen LogP contribution in [-0.2, 0) is 31.1 Å². The van der Waals surface area contributed by atoms with E-state index in [0.717, 1.165) is 30.3 Å². The third kappa shape index (κ3) is 4.21. The van der Waals surface area contributed by atoms with Crippen LogP contribution in [0.1, 0.15) is 48.0 Å². The molecule has 1 fully saturated rings. The highest BCUT2D eigenvalue weighted by atomic mass is 19.4. The van der Waals surface area contributed by atoms with Crippen molar-refractivity contribution in [1.82, 2.24) is 24.9 Å². The van der Waals surface area contributed by atoms with Crippen molar-refractivity contribution in [2.45, 2.75) is 51.4 Å². The zero-order valence-electron chi connectivity index (χ0n) is 14.1. The van der Waals surface area contributed by atoms with Gasteiger partial charge in [0, 0.05) is 31.6 Å². The number of nitrogens with zero attached hydrogens (tertiary/aromatic N) is 4. The van der Waals surface area contributed by atoms with Crippen molar-refractivity contribution in [3.8, 4) is 0 Å². The second-order valence-corrected chi connectivity index (χ2v) is 6.38. The van der Waals surface area contributed by atoms with Crippen molar-refractivity contribution in [3.63, 3.8) is 0 Å². The van der Waals surface area contributed by atoms with E-state index in [1.807, 2.05) is 13.0 Å². The second kappa shape index (κ2) is 6.53. The van der Waals surface area contributed by atoms with E-state index in [1.54, 1.807) is 11.7 Å². The van der Waals surface area contributed by atoms with Crippen LogP contribution in [0, 0.1) is 6.92 Å². The van der Waals surface area contributed by atoms with Crippen LogP contribution in [0.4, 0.5) is 13.2 Å². The summed E-state index contributed by atoms with van der Waals surface area (Å²) in [5.41, 5.74) is 1.41. The summed E-state index contributed by atoms with van der Waals surface area (Å²) in [6.07, 6.45) is -2.64. The molecule has 1 N–H and O–H groups in total. The number of nitrogens with one attached hydrogen (secondary N) is 1. The lowest BCUT2D eigenvalue weighted by Gasteiger charge is -2.08. The lowest BCUT2D eigenvalue weighted by atomic mass is 10.2. The molecule has 3 rings (SSSR count). The van der Waals surface area contributed by atoms with Crippen molar-refractivity contribution in [3.05, 3.63) is 34.9 Å². The fourth-order valence-corrected chi connectivity index (χ4v) is 2.77. The first-order valence-corrected chi connectivity index (χ1v) is 8.15. The minimum atomic E-state index is -4.46. The highest BCUT2D eigenvalue weighted by molar-refractivity contribution is 5.75. The van der Waals surface area contributed by atoms with Crippen LogP contribution in [0.25, 0.3) is 0 Å². The molecule has 0 atom stereocenters. The average Bonchev–Trinajstić information content (AvgIpc) is 3.18. The summed E-state index contributed by atoms with van der Waals surface area (Å²) in [5.74, 6) is -0.103. The van der Waals surface area contributed by atoms with Crippen LogP contribution < -0.4 is 5.32 Å². The summed E-state index contributed by atoms with van der Waals surface area (Å²) in [6.45, 7) is 2.33. The van der Waals surface area contributed by atoms with Gasteiger partial charge in [0.1, 0.15) is 0 Å². The molecule has 1 aliphatic carbocycles. The van der Waals surface area contributed by atoms with Gasteiger partial charge in [-0.05, 0) is 31.9 Å². The Kier molecular flexibility index (Phi) is 4.57. The van der Waals surface area contributed by atoms with E-state index in [0.29, 0.717) is 12.2 Å². The Bertz CT molecular complexity index is 773. The van der Waals surface area contributed by atoms with Crippen molar-refractivity contribution in [2.24, 2.45) is 7.05 Å². The van der Waals surface area contributed by atoms with Crippen LogP contribution in [0.5, 0.6) is 0 Å². The molecule has 0 radical (unpaired) electrons. The minimum absolute atomic E-state index is 0.0789. The third-order valence-corrected chi connectivity index (χ3v) is 4.21. The largest absolute Gasteiger partial charge is 0.435 e. The van der Waals surface area contributed by atoms with Gasteiger partial charge in [-0.3, -0.25) is 14.2 Å². The number of alkyl halides is 3. The van der Waals surface area contributed by atoms with Crippen molar-refractivity contribution in [2.75, 3.05) is 0 Å². The van der Waals surface area contributed by atoms with Crippen molar-refractivity contribution >= 4 is 5.91 Å². The SMILES string of the molecule is Cc1cc(CNC(=O)CCn2nc(C(F)(F)F)cc2C2CC2)n(C)n1. The molecule has 0 saturated heterocycles. The van der Waals surface area contributed by atoms with Crippen LogP contribution >= 0.6 is 0 Å². The highest BCUT2D eigenvalue weighted by Crippen LogP contribution is 2.42. The summed E-state index contributed by atoms with van der Waals surface area (Å²) in [4.78, 5) is 12.0. The summed E-state index contributed by atoms with van der Waals surface area (Å²) in [7, 11) is 1.79. The fraction of sp³-hybridized carbons (Fsp3) is 0.562. The maximum atomic E-state index is 12.8. The molecular weight excluding hydrogens is 335 g/mol. The predicted molar refractivity (Wildman–Crippen MR) is 83.6 cm³/mol. The smallest absolute Gasteiger partial charge is 0.350 e. The molecule has 25 heavy (non-hydrogen) atoms. The summed E-state index contributed by atoms with van der Waals surface area (Å²) < 4.78 is 41.6. The Labute approximate surface area is 143 Å². The summed E-state index contributed by atoms with van der Waals surface area (Å²) >= 11 is 0. The highest BCUT2D eigenvalue weighted by Gasteiger charge is 2.37. The monoisotopic (exact) mass is 355 g/mol. The van der Waals surface area contributed by atoms with Crippen molar-refractivity contribution in [1.29, 1.82) is 0 Å². The number of carbonyl (C=O) groups excluding carboxylic acids is 1. The predicted octanol–water partition coefficient (Wildman–Crippen LogP) is 2.53. The van der Waals surface area contributed by atoms with Gasteiger partial charge in [-0.25, -0.2) is 0 Å². The molecule has 2 aromatic heterocycles. The zero-order chi connectivity index (χ0) is 18.2. The summed E-state index contributed by atoms with van der Waals surface area (Å²) in [6, 6.07) is 2.97. The molecule has 2 heterocycles. The topological polar surface area (TPSA) is 64.7 Å². The Balaban J connectivity index is 1.58. The molecule has 1 aliphatic rings. The average molecular weight is 355 g/mol. The lowest BCUT2D eigenvalue weighted by Crippen LogP contribution is -2.25. The molecule has 2 aromatic rings. The van der Waals surface area contributed by atoms with E-state index in [-0.39, 0.29) is 24.8 Å². The summed E-state index contributed by atoms with van der Waals surface area (Å²) in [5, 5.41) is 10.6. The van der Waals surface area contributed by atoms with E-state index < -0.39 is 11.9 Å². The van der Waals surface area contributed by atoms with Gasteiger partial charge in [-0.1, -0.05) is 0 Å². The maximum absolute atomic E-state index is 12.8. The number of carbonyl (C=O) groups is 1. The van der Waals surface area contributed by atoms with E-state index in [2.05, 4.69) is 15.5 Å². The normalized spacial score (nSPS) is 14.8. The Morgan fingerprint density at radius 1 is 1.32 bits per heavy atom. The van der Waals surface area contributed by atoms with Gasteiger partial charge in [-0.2, -0.15) is 23.4 Å². The molecule has 1 amide bonds. The number of hydrogen-bond acceptors (Lipinski definition) is 3. The second-order valence-electron chi connectivity index (χ2n) is 6.38. The van der Waals surface area contributed by atoms with E-state index in [4.69, 9.17) is 0 Å². The van der Waals surface area contributed by atoms with E-state index in [9.17, 15) is 18.0 Å². The van der Waals surface area contributed by atoms with Crippen LogP contribution in [0.15, 0.2) is 12.1 Å². The van der Waals surface area contributed by atoms with E-state index >= 15 is 0 Å². The Morgan fingerprint density at radius 2 is 2.04 bits per heavy atom. The van der Waals surface area contributed by atoms with Gasteiger partial charge in [0.25, 0.3) is 0 Å². The molecule has 1 saturated carbocycles. The maximum Gasteiger partial charge on any atom is 0.435 e. The number of amides is 1. The first kappa shape index (κ1) is 17.5. The lowest BCUT2D eigenvalue weighted by molar-refractivity contribution is -0.141. The van der Waals surface area contributed by atoms with Crippen LogP contribution in [0.2, 0.25) is 0 Å². The Hall–Kier alpha value is -2.32. The van der Waals surface area contributed by atoms with Gasteiger partial charge >= 0.3 is 6.18 Å². The molecule has 9 heteroatoms. The number of halogens is 3. The van der Waals surface area contributed by atoms with E-state index in [1.165, 1.54) is 4.68 Å². The van der Waals surface area contributed by atoms with Gasteiger partial charge in [0.2, 0.25) is 5.91 Å². The molecule has 0 unspecified atom stereocenters. The number of aromatic nitrogens is 4. The molecule has 6 nitrogen and oxygen atoms in total. The van der Waals surface area contributed by atoms with Gasteiger partial charge in [-0.15, -0.1) is 0 Å². The quantitative estimate of drug-likeness (QED) is 0.866. The standard InChI is InChI=1S/C16H20F3N5O/c1-10-7-12(23(2)21-10)9-20-15(25)5-6-24-13(11-3-4-11)8-14(22-24)16(17,18)19/h7-8,11H,3-6,9H2,1-2H3,(H,20,25). The van der Waals surface area contributed by atoms with Gasteiger partial charge in [0.05, 0.1) is 17.9 Å². The van der Waals surface area contributed by atoms with Crippen LogP contribution in [-0.4, -0.2) is 25.5 Å². The molecule has 0 spiro atoms. The number of rotatable bonds is 6. The van der Waals surface area contributed by atoms with Crippen molar-refractivity contribution < 1.29 is 18.0 Å². The zero-order valence-corrected chi connectivity index (χ0v) is 14.1.